The van der Waals surface area contributed by atoms with E-state index >= 15 is 0 Å². The van der Waals surface area contributed by atoms with Crippen molar-refractivity contribution >= 4 is 5.91 Å². The third kappa shape index (κ3) is 4.19. The zero-order valence-corrected chi connectivity index (χ0v) is 10.9. The van der Waals surface area contributed by atoms with Crippen molar-refractivity contribution in [2.75, 3.05) is 6.54 Å². The number of benzene rings is 1. The second kappa shape index (κ2) is 6.40. The first-order valence-electron chi connectivity index (χ1n) is 6.12. The van der Waals surface area contributed by atoms with Gasteiger partial charge in [0.25, 0.3) is 5.91 Å². The van der Waals surface area contributed by atoms with E-state index in [4.69, 9.17) is 5.73 Å². The van der Waals surface area contributed by atoms with Gasteiger partial charge in [0.05, 0.1) is 0 Å². The van der Waals surface area contributed by atoms with Gasteiger partial charge in [0.15, 0.2) is 0 Å². The molecule has 94 valence electrons. The fraction of sp³-hybridized carbons (Fsp3) is 0.500. The van der Waals surface area contributed by atoms with Gasteiger partial charge in [-0.15, -0.1) is 0 Å². The maximum Gasteiger partial charge on any atom is 0.251 e. The highest BCUT2D eigenvalue weighted by Gasteiger charge is 2.16. The Morgan fingerprint density at radius 3 is 2.65 bits per heavy atom. The van der Waals surface area contributed by atoms with Gasteiger partial charge in [0.1, 0.15) is 0 Å². The molecule has 1 atom stereocenters. The van der Waals surface area contributed by atoms with Crippen LogP contribution in [0.1, 0.15) is 36.2 Å². The molecule has 3 heteroatoms. The van der Waals surface area contributed by atoms with Crippen molar-refractivity contribution in [1.29, 1.82) is 0 Å². The number of carbonyl (C=O) groups is 1. The Labute approximate surface area is 103 Å². The molecule has 0 aliphatic heterocycles. The summed E-state index contributed by atoms with van der Waals surface area (Å²) in [5.41, 5.74) is 7.36. The molecule has 0 spiro atoms. The number of hydrogen-bond donors (Lipinski definition) is 2. The molecular weight excluding hydrogens is 212 g/mol. The Hall–Kier alpha value is -1.35. The maximum atomic E-state index is 12.0. The number of hydrogen-bond acceptors (Lipinski definition) is 2. The molecule has 1 aromatic carbocycles. The molecule has 3 nitrogen and oxygen atoms in total. The van der Waals surface area contributed by atoms with E-state index in [-0.39, 0.29) is 11.9 Å². The summed E-state index contributed by atoms with van der Waals surface area (Å²) in [6.07, 6.45) is 0.815. The quantitative estimate of drug-likeness (QED) is 0.819. The summed E-state index contributed by atoms with van der Waals surface area (Å²) in [6.45, 7) is 6.77. The molecule has 0 fully saturated rings. The lowest BCUT2D eigenvalue weighted by molar-refractivity contribution is 0.0924. The van der Waals surface area contributed by atoms with Crippen LogP contribution in [0.3, 0.4) is 0 Å². The van der Waals surface area contributed by atoms with E-state index in [1.807, 2.05) is 31.2 Å². The summed E-state index contributed by atoms with van der Waals surface area (Å²) in [7, 11) is 0. The SMILES string of the molecule is Cc1cccc(C(=O)NC(CCN)C(C)C)c1. The molecule has 0 heterocycles. The van der Waals surface area contributed by atoms with Crippen LogP contribution in [0.15, 0.2) is 24.3 Å². The molecule has 0 saturated heterocycles. The first-order valence-corrected chi connectivity index (χ1v) is 6.12. The van der Waals surface area contributed by atoms with Crippen molar-refractivity contribution in [1.82, 2.24) is 5.32 Å². The van der Waals surface area contributed by atoms with Crippen molar-refractivity contribution in [2.45, 2.75) is 33.2 Å². The highest BCUT2D eigenvalue weighted by Crippen LogP contribution is 2.08. The molecule has 1 rings (SSSR count). The van der Waals surface area contributed by atoms with E-state index in [9.17, 15) is 4.79 Å². The van der Waals surface area contributed by atoms with E-state index in [1.165, 1.54) is 0 Å². The molecule has 0 bridgehead atoms. The van der Waals surface area contributed by atoms with Gasteiger partial charge in [-0.2, -0.15) is 0 Å². The van der Waals surface area contributed by atoms with E-state index in [1.54, 1.807) is 0 Å². The normalized spacial score (nSPS) is 12.5. The molecule has 1 amide bonds. The molecule has 1 unspecified atom stereocenters. The van der Waals surface area contributed by atoms with Crippen LogP contribution in [0.2, 0.25) is 0 Å². The fourth-order valence-electron chi connectivity index (χ4n) is 1.79. The third-order valence-corrected chi connectivity index (χ3v) is 2.88. The van der Waals surface area contributed by atoms with E-state index in [0.29, 0.717) is 18.0 Å². The van der Waals surface area contributed by atoms with E-state index < -0.39 is 0 Å². The van der Waals surface area contributed by atoms with Gasteiger partial charge in [0.2, 0.25) is 0 Å². The molecule has 0 saturated carbocycles. The highest BCUT2D eigenvalue weighted by atomic mass is 16.1. The lowest BCUT2D eigenvalue weighted by atomic mass is 10.0. The lowest BCUT2D eigenvalue weighted by Crippen LogP contribution is -2.39. The van der Waals surface area contributed by atoms with Crippen molar-refractivity contribution in [3.8, 4) is 0 Å². The van der Waals surface area contributed by atoms with E-state index in [2.05, 4.69) is 19.2 Å². The summed E-state index contributed by atoms with van der Waals surface area (Å²) in [4.78, 5) is 12.0. The minimum atomic E-state index is -0.0131. The number of carbonyl (C=O) groups excluding carboxylic acids is 1. The van der Waals surface area contributed by atoms with Gasteiger partial charge in [0, 0.05) is 11.6 Å². The van der Waals surface area contributed by atoms with Crippen LogP contribution in [0.5, 0.6) is 0 Å². The van der Waals surface area contributed by atoms with Crippen molar-refractivity contribution < 1.29 is 4.79 Å². The zero-order chi connectivity index (χ0) is 12.8. The monoisotopic (exact) mass is 234 g/mol. The molecular formula is C14H22N2O. The Balaban J connectivity index is 2.70. The molecule has 0 aliphatic rings. The predicted molar refractivity (Wildman–Crippen MR) is 70.9 cm³/mol. The average molecular weight is 234 g/mol. The smallest absolute Gasteiger partial charge is 0.251 e. The lowest BCUT2D eigenvalue weighted by Gasteiger charge is -2.21. The maximum absolute atomic E-state index is 12.0. The van der Waals surface area contributed by atoms with Gasteiger partial charge in [-0.1, -0.05) is 31.5 Å². The summed E-state index contributed by atoms with van der Waals surface area (Å²) in [5.74, 6) is 0.383. The van der Waals surface area contributed by atoms with Gasteiger partial charge >= 0.3 is 0 Å². The number of aryl methyl sites for hydroxylation is 1. The number of amides is 1. The van der Waals surface area contributed by atoms with Crippen LogP contribution >= 0.6 is 0 Å². The minimum Gasteiger partial charge on any atom is -0.349 e. The standard InChI is InChI=1S/C14H22N2O/c1-10(2)13(7-8-15)16-14(17)12-6-4-5-11(3)9-12/h4-6,9-10,13H,7-8,15H2,1-3H3,(H,16,17). The van der Waals surface area contributed by atoms with Crippen LogP contribution in [-0.2, 0) is 0 Å². The summed E-state index contributed by atoms with van der Waals surface area (Å²) < 4.78 is 0. The Bertz CT molecular complexity index is 374. The molecule has 3 N–H and O–H groups in total. The molecule has 1 aromatic rings. The van der Waals surface area contributed by atoms with Crippen molar-refractivity contribution in [3.63, 3.8) is 0 Å². The van der Waals surface area contributed by atoms with Crippen molar-refractivity contribution in [3.05, 3.63) is 35.4 Å². The van der Waals surface area contributed by atoms with Crippen LogP contribution in [0, 0.1) is 12.8 Å². The number of nitrogens with two attached hydrogens (primary N) is 1. The molecule has 0 aromatic heterocycles. The summed E-state index contributed by atoms with van der Waals surface area (Å²) in [6, 6.07) is 7.76. The summed E-state index contributed by atoms with van der Waals surface area (Å²) >= 11 is 0. The van der Waals surface area contributed by atoms with E-state index in [0.717, 1.165) is 12.0 Å². The average Bonchev–Trinajstić information content (AvgIpc) is 2.28. The first-order chi connectivity index (χ1) is 8.04. The topological polar surface area (TPSA) is 55.1 Å². The van der Waals surface area contributed by atoms with Gasteiger partial charge in [-0.05, 0) is 37.9 Å². The van der Waals surface area contributed by atoms with Crippen LogP contribution < -0.4 is 11.1 Å². The van der Waals surface area contributed by atoms with Gasteiger partial charge in [-0.25, -0.2) is 0 Å². The first kappa shape index (κ1) is 13.7. The number of rotatable bonds is 5. The molecule has 0 radical (unpaired) electrons. The highest BCUT2D eigenvalue weighted by molar-refractivity contribution is 5.94. The molecule has 0 aliphatic carbocycles. The van der Waals surface area contributed by atoms with Gasteiger partial charge < -0.3 is 11.1 Å². The Morgan fingerprint density at radius 2 is 2.12 bits per heavy atom. The third-order valence-electron chi connectivity index (χ3n) is 2.88. The second-order valence-corrected chi connectivity index (χ2v) is 4.77. The predicted octanol–water partition coefficient (Wildman–Crippen LogP) is 2.10. The molecule has 17 heavy (non-hydrogen) atoms. The minimum absolute atomic E-state index is 0.0131. The van der Waals surface area contributed by atoms with Crippen LogP contribution in [0.25, 0.3) is 0 Å². The fourth-order valence-corrected chi connectivity index (χ4v) is 1.79. The van der Waals surface area contributed by atoms with Crippen molar-refractivity contribution in [2.24, 2.45) is 11.7 Å². The largest absolute Gasteiger partial charge is 0.349 e. The second-order valence-electron chi connectivity index (χ2n) is 4.77. The Kier molecular flexibility index (Phi) is 5.16. The van der Waals surface area contributed by atoms with Crippen LogP contribution in [-0.4, -0.2) is 18.5 Å². The number of nitrogens with one attached hydrogen (secondary N) is 1. The zero-order valence-electron chi connectivity index (χ0n) is 10.9. The van der Waals surface area contributed by atoms with Gasteiger partial charge in [-0.3, -0.25) is 4.79 Å². The Morgan fingerprint density at radius 1 is 1.41 bits per heavy atom. The summed E-state index contributed by atoms with van der Waals surface area (Å²) in [5, 5.41) is 3.04. The van der Waals surface area contributed by atoms with Crippen LogP contribution in [0.4, 0.5) is 0 Å².